The number of alkyl halides is 3. The van der Waals surface area contributed by atoms with E-state index in [1.165, 1.54) is 0 Å². The second kappa shape index (κ2) is 12.2. The van der Waals surface area contributed by atoms with Crippen molar-refractivity contribution in [3.8, 4) is 0 Å². The van der Waals surface area contributed by atoms with Gasteiger partial charge in [-0.05, 0) is 50.5 Å². The van der Waals surface area contributed by atoms with E-state index >= 15 is 0 Å². The maximum absolute atomic E-state index is 12.6. The fraction of sp³-hybridized carbons (Fsp3) is 0.600. The van der Waals surface area contributed by atoms with Crippen LogP contribution in [0.15, 0.2) is 24.3 Å². The molecule has 0 fully saturated rings. The molecule has 7 nitrogen and oxygen atoms in total. The summed E-state index contributed by atoms with van der Waals surface area (Å²) in [5.41, 5.74) is -0.766. The van der Waals surface area contributed by atoms with Gasteiger partial charge in [-0.2, -0.15) is 13.2 Å². The van der Waals surface area contributed by atoms with E-state index in [0.29, 0.717) is 0 Å². The lowest BCUT2D eigenvalue weighted by atomic mass is 10.0. The minimum absolute atomic E-state index is 0.0124. The summed E-state index contributed by atoms with van der Waals surface area (Å²) >= 11 is 0. The number of nitrogens with one attached hydrogen (secondary N) is 1. The van der Waals surface area contributed by atoms with E-state index in [4.69, 9.17) is 13.8 Å². The molecule has 1 amide bonds. The van der Waals surface area contributed by atoms with Crippen molar-refractivity contribution in [1.82, 2.24) is 0 Å². The first-order valence-corrected chi connectivity index (χ1v) is 11.7. The highest BCUT2D eigenvalue weighted by atomic mass is 31.2. The van der Waals surface area contributed by atoms with Gasteiger partial charge < -0.3 is 13.8 Å². The molecule has 0 aliphatic rings. The van der Waals surface area contributed by atoms with Crippen LogP contribution >= 0.6 is 7.60 Å². The lowest BCUT2D eigenvalue weighted by Gasteiger charge is -2.21. The van der Waals surface area contributed by atoms with Crippen LogP contribution in [0.5, 0.6) is 0 Å². The van der Waals surface area contributed by atoms with Crippen LogP contribution in [0.25, 0.3) is 0 Å². The summed E-state index contributed by atoms with van der Waals surface area (Å²) in [4.78, 5) is 24.8. The summed E-state index contributed by atoms with van der Waals surface area (Å²) in [5, 5.41) is 2.31. The zero-order valence-corrected chi connectivity index (χ0v) is 18.9. The molecule has 176 valence electrons. The van der Waals surface area contributed by atoms with Crippen LogP contribution in [-0.2, 0) is 29.3 Å². The normalized spacial score (nSPS) is 13.2. The van der Waals surface area contributed by atoms with Crippen molar-refractivity contribution in [3.63, 3.8) is 0 Å². The molecule has 0 aliphatic carbocycles. The van der Waals surface area contributed by atoms with Crippen molar-refractivity contribution in [2.45, 2.75) is 52.8 Å². The Balaban J connectivity index is 2.77. The van der Waals surface area contributed by atoms with Crippen molar-refractivity contribution in [2.75, 3.05) is 24.7 Å². The third-order valence-electron chi connectivity index (χ3n) is 4.04. The summed E-state index contributed by atoms with van der Waals surface area (Å²) in [5.74, 6) is -0.436. The topological polar surface area (TPSA) is 90.9 Å². The van der Waals surface area contributed by atoms with E-state index in [1.54, 1.807) is 13.8 Å². The van der Waals surface area contributed by atoms with E-state index in [9.17, 15) is 27.3 Å². The van der Waals surface area contributed by atoms with Gasteiger partial charge in [0.1, 0.15) is 0 Å². The fourth-order valence-corrected chi connectivity index (χ4v) is 4.27. The van der Waals surface area contributed by atoms with Crippen LogP contribution in [-0.4, -0.2) is 37.4 Å². The second-order valence-corrected chi connectivity index (χ2v) is 9.30. The number of ether oxygens (including phenoxy) is 1. The number of halogens is 3. The maximum Gasteiger partial charge on any atom is 0.416 e. The van der Waals surface area contributed by atoms with Gasteiger partial charge in [-0.1, -0.05) is 13.8 Å². The molecule has 0 aliphatic heterocycles. The molecule has 0 bridgehead atoms. The number of Topliss-reactive ketones (excluding diaryl/α,β-unsaturated/α-hetero) is 1. The quantitative estimate of drug-likeness (QED) is 0.385. The van der Waals surface area contributed by atoms with Gasteiger partial charge in [0.25, 0.3) is 0 Å². The number of rotatable bonds is 12. The fourth-order valence-electron chi connectivity index (χ4n) is 2.66. The third kappa shape index (κ3) is 9.84. The predicted octanol–water partition coefficient (Wildman–Crippen LogP) is 5.89. The molecule has 1 aromatic carbocycles. The Morgan fingerprint density at radius 3 is 2.06 bits per heavy atom. The highest BCUT2D eigenvalue weighted by Gasteiger charge is 2.31. The first kappa shape index (κ1) is 27.1. The van der Waals surface area contributed by atoms with Gasteiger partial charge in [-0.25, -0.2) is 4.79 Å². The van der Waals surface area contributed by atoms with Crippen LogP contribution in [0.4, 0.5) is 23.7 Å². The van der Waals surface area contributed by atoms with Crippen LogP contribution in [0.3, 0.4) is 0 Å². The highest BCUT2D eigenvalue weighted by Crippen LogP contribution is 2.48. The number of amides is 1. The van der Waals surface area contributed by atoms with Crippen LogP contribution in [0.1, 0.15) is 46.1 Å². The standard InChI is InChI=1S/C20H29F3NO6P/c1-5-28-31(27,29-6-2)12-11-17(25)18(13-14(3)4)30-19(26)24-16-9-7-15(8-10-16)20(21,22)23/h7-10,14,18H,5-6,11-13H2,1-4H3,(H,24,26)/t18-/m0/s1. The zero-order valence-electron chi connectivity index (χ0n) is 18.0. The molecule has 1 N–H and O–H groups in total. The van der Waals surface area contributed by atoms with E-state index in [0.717, 1.165) is 24.3 Å². The number of anilines is 1. The average molecular weight is 467 g/mol. The second-order valence-electron chi connectivity index (χ2n) is 7.11. The van der Waals surface area contributed by atoms with Crippen molar-refractivity contribution in [3.05, 3.63) is 29.8 Å². The van der Waals surface area contributed by atoms with Crippen LogP contribution in [0, 0.1) is 5.92 Å². The molecule has 0 heterocycles. The molecule has 31 heavy (non-hydrogen) atoms. The summed E-state index contributed by atoms with van der Waals surface area (Å²) in [6.45, 7) is 7.30. The first-order valence-electron chi connectivity index (χ1n) is 9.96. The lowest BCUT2D eigenvalue weighted by Crippen LogP contribution is -2.31. The largest absolute Gasteiger partial charge is 0.438 e. The molecular weight excluding hydrogens is 438 g/mol. The number of carbonyl (C=O) groups is 2. The smallest absolute Gasteiger partial charge is 0.416 e. The number of ketones is 1. The molecule has 0 aromatic heterocycles. The summed E-state index contributed by atoms with van der Waals surface area (Å²) < 4.78 is 65.9. The maximum atomic E-state index is 12.6. The summed E-state index contributed by atoms with van der Waals surface area (Å²) in [6.07, 6.45) is -6.67. The molecule has 1 rings (SSSR count). The Kier molecular flexibility index (Phi) is 10.7. The molecule has 11 heteroatoms. The van der Waals surface area contributed by atoms with Gasteiger partial charge in [0.2, 0.25) is 0 Å². The molecule has 0 saturated carbocycles. The Labute approximate surface area is 180 Å². The minimum atomic E-state index is -4.49. The Bertz CT molecular complexity index is 757. The van der Waals surface area contributed by atoms with E-state index in [1.807, 2.05) is 13.8 Å². The monoisotopic (exact) mass is 467 g/mol. The first-order chi connectivity index (χ1) is 14.4. The van der Waals surface area contributed by atoms with Gasteiger partial charge in [-0.15, -0.1) is 0 Å². The number of benzene rings is 1. The molecule has 1 aromatic rings. The molecule has 0 unspecified atom stereocenters. The van der Waals surface area contributed by atoms with Gasteiger partial charge in [0.15, 0.2) is 11.9 Å². The molecule has 0 saturated heterocycles. The number of hydrogen-bond donors (Lipinski definition) is 1. The number of carbonyl (C=O) groups excluding carboxylic acids is 2. The SMILES string of the molecule is CCOP(=O)(CCC(=O)[C@H](CC(C)C)OC(=O)Nc1ccc(C(F)(F)F)cc1)OCC. The van der Waals surface area contributed by atoms with E-state index < -0.39 is 37.3 Å². The average Bonchev–Trinajstić information content (AvgIpc) is 2.65. The highest BCUT2D eigenvalue weighted by molar-refractivity contribution is 7.53. The van der Waals surface area contributed by atoms with Crippen LogP contribution in [0.2, 0.25) is 0 Å². The minimum Gasteiger partial charge on any atom is -0.438 e. The van der Waals surface area contributed by atoms with Crippen LogP contribution < -0.4 is 5.32 Å². The zero-order chi connectivity index (χ0) is 23.7. The Morgan fingerprint density at radius 1 is 1.06 bits per heavy atom. The van der Waals surface area contributed by atoms with Crippen molar-refractivity contribution in [2.24, 2.45) is 5.92 Å². The third-order valence-corrected chi connectivity index (χ3v) is 6.11. The molecular formula is C20H29F3NO6P. The molecule has 1 atom stereocenters. The summed E-state index contributed by atoms with van der Waals surface area (Å²) in [7, 11) is -3.42. The van der Waals surface area contributed by atoms with E-state index in [2.05, 4.69) is 5.32 Å². The van der Waals surface area contributed by atoms with Gasteiger partial charge in [0.05, 0.1) is 24.9 Å². The van der Waals surface area contributed by atoms with Gasteiger partial charge in [0, 0.05) is 12.1 Å². The number of hydrogen-bond acceptors (Lipinski definition) is 6. The molecule has 0 spiro atoms. The van der Waals surface area contributed by atoms with Crippen molar-refractivity contribution in [1.29, 1.82) is 0 Å². The molecule has 0 radical (unpaired) electrons. The van der Waals surface area contributed by atoms with E-state index in [-0.39, 0.29) is 43.8 Å². The Hall–Kier alpha value is -1.90. The lowest BCUT2D eigenvalue weighted by molar-refractivity contribution is -0.137. The summed E-state index contributed by atoms with van der Waals surface area (Å²) in [6, 6.07) is 3.82. The van der Waals surface area contributed by atoms with Gasteiger partial charge >= 0.3 is 19.9 Å². The Morgan fingerprint density at radius 2 is 1.61 bits per heavy atom. The van der Waals surface area contributed by atoms with Gasteiger partial charge in [-0.3, -0.25) is 14.7 Å². The van der Waals surface area contributed by atoms with Crippen molar-refractivity contribution >= 4 is 25.2 Å². The van der Waals surface area contributed by atoms with Crippen molar-refractivity contribution < 1.29 is 41.1 Å². The predicted molar refractivity (Wildman–Crippen MR) is 110 cm³/mol.